The molecule has 0 aliphatic rings. The average molecular weight is 428 g/mol. The van der Waals surface area contributed by atoms with E-state index in [0.717, 1.165) is 4.90 Å². The van der Waals surface area contributed by atoms with E-state index in [4.69, 9.17) is 20.1 Å². The van der Waals surface area contributed by atoms with Crippen molar-refractivity contribution in [3.8, 4) is 0 Å². The topological polar surface area (TPSA) is 165 Å². The van der Waals surface area contributed by atoms with E-state index in [9.17, 15) is 24.3 Å². The molecule has 0 saturated heterocycles. The minimum Gasteiger partial charge on any atom is -0.480 e. The fourth-order valence-electron chi connectivity index (χ4n) is 2.03. The lowest BCUT2D eigenvalue weighted by atomic mass is 10.3. The molecule has 13 heteroatoms. The van der Waals surface area contributed by atoms with Crippen molar-refractivity contribution >= 4 is 49.1 Å². The van der Waals surface area contributed by atoms with Gasteiger partial charge in [-0.3, -0.25) is 29.0 Å². The summed E-state index contributed by atoms with van der Waals surface area (Å²) in [5.74, 6) is -4.28. The Kier molecular flexibility index (Phi) is 12.8. The van der Waals surface area contributed by atoms with Gasteiger partial charge in [0.25, 0.3) is 0 Å². The van der Waals surface area contributed by atoms with Gasteiger partial charge < -0.3 is 25.2 Å². The number of aliphatic hydroxyl groups is 1. The number of aliphatic carboxylic acids is 3. The zero-order valence-corrected chi connectivity index (χ0v) is 16.2. The van der Waals surface area contributed by atoms with Crippen molar-refractivity contribution in [2.24, 2.45) is 0 Å². The molecule has 0 saturated carbocycles. The minimum absolute atomic E-state index is 0.0807. The molecular weight excluding hydrogens is 404 g/mol. The molecule has 2 atom stereocenters. The third-order valence-electron chi connectivity index (χ3n) is 3.24. The van der Waals surface area contributed by atoms with E-state index in [1.807, 2.05) is 0 Å². The Bertz CT molecular complexity index is 505. The van der Waals surface area contributed by atoms with E-state index < -0.39 is 68.0 Å². The van der Waals surface area contributed by atoms with Crippen LogP contribution in [0, 0.1) is 0 Å². The molecule has 0 aliphatic carbocycles. The Morgan fingerprint density at radius 3 is 1.59 bits per heavy atom. The van der Waals surface area contributed by atoms with Gasteiger partial charge in [0.15, 0.2) is 0 Å². The van der Waals surface area contributed by atoms with Crippen LogP contribution in [0.3, 0.4) is 0 Å². The van der Waals surface area contributed by atoms with Crippen LogP contribution >= 0.6 is 25.3 Å². The number of aliphatic hydroxyl groups excluding tert-OH is 1. The molecule has 0 aromatic heterocycles. The molecule has 0 unspecified atom stereocenters. The van der Waals surface area contributed by atoms with E-state index >= 15 is 0 Å². The summed E-state index contributed by atoms with van der Waals surface area (Å²) in [6, 6.07) is 0. The highest BCUT2D eigenvalue weighted by Gasteiger charge is 2.23. The maximum atomic E-state index is 12.0. The van der Waals surface area contributed by atoms with Crippen LogP contribution in [0.15, 0.2) is 0 Å². The van der Waals surface area contributed by atoms with Gasteiger partial charge in [0.2, 0.25) is 0 Å². The molecule has 0 radical (unpaired) electrons. The lowest BCUT2D eigenvalue weighted by Gasteiger charge is -2.25. The molecule has 27 heavy (non-hydrogen) atoms. The second kappa shape index (κ2) is 13.6. The first-order valence-corrected chi connectivity index (χ1v) is 8.93. The largest absolute Gasteiger partial charge is 0.480 e. The Balaban J connectivity index is 4.85. The molecule has 0 aromatic carbocycles. The SMILES string of the molecule is O=C(O)CN(CCN(CC(=O)O)CC(=O)O[C@H](CO)[C@H](S)CS)CC(=O)O. The average Bonchev–Trinajstić information content (AvgIpc) is 2.55. The van der Waals surface area contributed by atoms with Gasteiger partial charge in [0, 0.05) is 24.1 Å². The van der Waals surface area contributed by atoms with Crippen LogP contribution in [0.4, 0.5) is 0 Å². The Morgan fingerprint density at radius 2 is 1.26 bits per heavy atom. The number of thiol groups is 2. The van der Waals surface area contributed by atoms with Crippen LogP contribution in [0.25, 0.3) is 0 Å². The molecule has 0 heterocycles. The number of esters is 1. The summed E-state index contributed by atoms with van der Waals surface area (Å²) < 4.78 is 5.05. The zero-order chi connectivity index (χ0) is 21.0. The van der Waals surface area contributed by atoms with E-state index in [2.05, 4.69) is 25.3 Å². The summed E-state index contributed by atoms with van der Waals surface area (Å²) in [4.78, 5) is 46.8. The highest BCUT2D eigenvalue weighted by Crippen LogP contribution is 2.09. The summed E-state index contributed by atoms with van der Waals surface area (Å²) >= 11 is 8.11. The minimum atomic E-state index is -1.24. The fraction of sp³-hybridized carbons (Fsp3) is 0.714. The Labute approximate surface area is 166 Å². The molecule has 0 aromatic rings. The highest BCUT2D eigenvalue weighted by molar-refractivity contribution is 7.84. The summed E-state index contributed by atoms with van der Waals surface area (Å²) in [6.45, 7) is -2.73. The predicted octanol–water partition coefficient (Wildman–Crippen LogP) is -2.02. The second-order valence-corrected chi connectivity index (χ2v) is 6.59. The molecule has 156 valence electrons. The van der Waals surface area contributed by atoms with Crippen molar-refractivity contribution in [3.05, 3.63) is 0 Å². The number of carboxylic acids is 3. The lowest BCUT2D eigenvalue weighted by Crippen LogP contribution is -2.44. The summed E-state index contributed by atoms with van der Waals surface area (Å²) in [5, 5.41) is 35.2. The van der Waals surface area contributed by atoms with Crippen LogP contribution in [-0.2, 0) is 23.9 Å². The predicted molar refractivity (Wildman–Crippen MR) is 99.4 cm³/mol. The van der Waals surface area contributed by atoms with Crippen molar-refractivity contribution in [2.45, 2.75) is 11.4 Å². The summed E-state index contributed by atoms with van der Waals surface area (Å²) in [7, 11) is 0. The van der Waals surface area contributed by atoms with Crippen LogP contribution in [0.5, 0.6) is 0 Å². The number of nitrogens with zero attached hydrogens (tertiary/aromatic N) is 2. The maximum Gasteiger partial charge on any atom is 0.320 e. The third kappa shape index (κ3) is 12.5. The van der Waals surface area contributed by atoms with Crippen LogP contribution < -0.4 is 0 Å². The van der Waals surface area contributed by atoms with Gasteiger partial charge in [-0.2, -0.15) is 25.3 Å². The first kappa shape index (κ1) is 25.5. The summed E-state index contributed by atoms with van der Waals surface area (Å²) in [6.07, 6.45) is -0.916. The maximum absolute atomic E-state index is 12.0. The van der Waals surface area contributed by atoms with Crippen molar-refractivity contribution in [1.29, 1.82) is 0 Å². The number of rotatable bonds is 15. The monoisotopic (exact) mass is 428 g/mol. The highest BCUT2D eigenvalue weighted by atomic mass is 32.1. The van der Waals surface area contributed by atoms with E-state index in [0.29, 0.717) is 0 Å². The number of hydrogen-bond donors (Lipinski definition) is 6. The second-order valence-electron chi connectivity index (χ2n) is 5.56. The van der Waals surface area contributed by atoms with Gasteiger partial charge >= 0.3 is 23.9 Å². The normalized spacial score (nSPS) is 13.4. The third-order valence-corrected chi connectivity index (χ3v) is 4.44. The Hall–Kier alpha value is -1.54. The molecular formula is C14H24N2O9S2. The van der Waals surface area contributed by atoms with E-state index in [1.165, 1.54) is 4.90 Å². The van der Waals surface area contributed by atoms with Gasteiger partial charge in [-0.1, -0.05) is 0 Å². The summed E-state index contributed by atoms with van der Waals surface area (Å²) in [5.41, 5.74) is 0. The number of carbonyl (C=O) groups is 4. The van der Waals surface area contributed by atoms with Crippen LogP contribution in [0.2, 0.25) is 0 Å². The number of ether oxygens (including phenoxy) is 1. The quantitative estimate of drug-likeness (QED) is 0.126. The molecule has 11 nitrogen and oxygen atoms in total. The smallest absolute Gasteiger partial charge is 0.320 e. The molecule has 0 amide bonds. The molecule has 0 fully saturated rings. The Morgan fingerprint density at radius 1 is 0.852 bits per heavy atom. The van der Waals surface area contributed by atoms with Crippen LogP contribution in [-0.4, -0.2) is 117 Å². The van der Waals surface area contributed by atoms with E-state index in [-0.39, 0.29) is 18.8 Å². The van der Waals surface area contributed by atoms with Gasteiger partial charge in [0.05, 0.1) is 32.8 Å². The van der Waals surface area contributed by atoms with Gasteiger partial charge in [-0.25, -0.2) is 0 Å². The van der Waals surface area contributed by atoms with Gasteiger partial charge in [0.1, 0.15) is 6.10 Å². The molecule has 0 aliphatic heterocycles. The first-order valence-electron chi connectivity index (χ1n) is 7.78. The van der Waals surface area contributed by atoms with Crippen molar-refractivity contribution in [1.82, 2.24) is 9.80 Å². The standard InChI is InChI=1S/C14H24N2O9S2/c17-7-9(10(27)8-26)25-14(24)6-16(5-13(22)23)2-1-15(3-11(18)19)4-12(20)21/h9-10,17,26-27H,1-8H2,(H,18,19)(H,20,21)(H,22,23)/t9-,10-/m1/s1. The van der Waals surface area contributed by atoms with Crippen molar-refractivity contribution in [2.75, 3.05) is 51.6 Å². The molecule has 0 rings (SSSR count). The van der Waals surface area contributed by atoms with Gasteiger partial charge in [-0.15, -0.1) is 0 Å². The van der Waals surface area contributed by atoms with Crippen LogP contribution in [0.1, 0.15) is 0 Å². The van der Waals surface area contributed by atoms with Crippen molar-refractivity contribution < 1.29 is 44.3 Å². The number of carboxylic acid groups (broad SMARTS) is 3. The number of carbonyl (C=O) groups excluding carboxylic acids is 1. The molecule has 4 N–H and O–H groups in total. The number of hydrogen-bond acceptors (Lipinski definition) is 10. The zero-order valence-electron chi connectivity index (χ0n) is 14.4. The van der Waals surface area contributed by atoms with Crippen molar-refractivity contribution in [3.63, 3.8) is 0 Å². The fourth-order valence-corrected chi connectivity index (χ4v) is 2.42. The molecule has 0 bridgehead atoms. The van der Waals surface area contributed by atoms with E-state index in [1.54, 1.807) is 0 Å². The lowest BCUT2D eigenvalue weighted by molar-refractivity contribution is -0.153. The first-order chi connectivity index (χ1) is 12.6. The van der Waals surface area contributed by atoms with Gasteiger partial charge in [-0.05, 0) is 0 Å². The molecule has 0 spiro atoms.